The van der Waals surface area contributed by atoms with Gasteiger partial charge in [-0.1, -0.05) is 12.1 Å². The smallest absolute Gasteiger partial charge is 0.258 e. The molecule has 1 amide bonds. The molecule has 2 aliphatic heterocycles. The SMILES string of the molecule is O=C(COc1ccc(C2SCCS2)cc1)NC1CCS(=O)(=O)C1. The van der Waals surface area contributed by atoms with E-state index < -0.39 is 9.84 Å². The summed E-state index contributed by atoms with van der Waals surface area (Å²) in [6, 6.07) is 7.54. The van der Waals surface area contributed by atoms with E-state index in [1.165, 1.54) is 17.1 Å². The van der Waals surface area contributed by atoms with Gasteiger partial charge in [0.25, 0.3) is 5.91 Å². The zero-order valence-corrected chi connectivity index (χ0v) is 15.0. The van der Waals surface area contributed by atoms with Crippen molar-refractivity contribution in [1.82, 2.24) is 5.32 Å². The number of benzene rings is 1. The van der Waals surface area contributed by atoms with Crippen molar-refractivity contribution in [2.75, 3.05) is 29.6 Å². The zero-order chi connectivity index (χ0) is 16.3. The molecule has 126 valence electrons. The van der Waals surface area contributed by atoms with Crippen LogP contribution in [0.15, 0.2) is 24.3 Å². The van der Waals surface area contributed by atoms with Gasteiger partial charge in [0.15, 0.2) is 16.4 Å². The first kappa shape index (κ1) is 17.0. The van der Waals surface area contributed by atoms with Crippen LogP contribution in [0.4, 0.5) is 0 Å². The third-order valence-corrected chi connectivity index (χ3v) is 8.61. The Labute approximate surface area is 144 Å². The van der Waals surface area contributed by atoms with E-state index in [0.29, 0.717) is 16.8 Å². The lowest BCUT2D eigenvalue weighted by molar-refractivity contribution is -0.123. The Hall–Kier alpha value is -0.860. The van der Waals surface area contributed by atoms with Gasteiger partial charge in [0.1, 0.15) is 5.75 Å². The number of nitrogens with one attached hydrogen (secondary N) is 1. The monoisotopic (exact) mass is 373 g/mol. The molecule has 1 unspecified atom stereocenters. The average molecular weight is 374 g/mol. The van der Waals surface area contributed by atoms with E-state index in [1.54, 1.807) is 0 Å². The van der Waals surface area contributed by atoms with Crippen LogP contribution in [0.25, 0.3) is 0 Å². The van der Waals surface area contributed by atoms with Gasteiger partial charge in [0.2, 0.25) is 0 Å². The molecule has 8 heteroatoms. The molecule has 3 rings (SSSR count). The van der Waals surface area contributed by atoms with Gasteiger partial charge in [-0.3, -0.25) is 4.79 Å². The minimum absolute atomic E-state index is 0.0319. The van der Waals surface area contributed by atoms with Gasteiger partial charge in [0.05, 0.1) is 16.1 Å². The van der Waals surface area contributed by atoms with Crippen LogP contribution in [-0.2, 0) is 14.6 Å². The average Bonchev–Trinajstić information content (AvgIpc) is 3.15. The Morgan fingerprint density at radius 1 is 1.22 bits per heavy atom. The van der Waals surface area contributed by atoms with Gasteiger partial charge >= 0.3 is 0 Å². The van der Waals surface area contributed by atoms with E-state index in [-0.39, 0.29) is 30.1 Å². The number of carbonyl (C=O) groups is 1. The van der Waals surface area contributed by atoms with Crippen LogP contribution in [0.2, 0.25) is 0 Å². The lowest BCUT2D eigenvalue weighted by atomic mass is 10.2. The van der Waals surface area contributed by atoms with Crippen LogP contribution in [0.5, 0.6) is 5.75 Å². The number of thioether (sulfide) groups is 2. The summed E-state index contributed by atoms with van der Waals surface area (Å²) >= 11 is 3.89. The van der Waals surface area contributed by atoms with E-state index in [9.17, 15) is 13.2 Å². The van der Waals surface area contributed by atoms with Gasteiger partial charge in [-0.25, -0.2) is 8.42 Å². The lowest BCUT2D eigenvalue weighted by Crippen LogP contribution is -2.38. The number of rotatable bonds is 5. The number of amides is 1. The summed E-state index contributed by atoms with van der Waals surface area (Å²) in [4.78, 5) is 11.8. The van der Waals surface area contributed by atoms with Gasteiger partial charge in [-0.2, -0.15) is 0 Å². The van der Waals surface area contributed by atoms with Gasteiger partial charge in [-0.15, -0.1) is 23.5 Å². The van der Waals surface area contributed by atoms with Crippen molar-refractivity contribution < 1.29 is 17.9 Å². The first-order valence-corrected chi connectivity index (χ1v) is 11.4. The van der Waals surface area contributed by atoms with Crippen LogP contribution in [0.1, 0.15) is 16.6 Å². The number of hydrogen-bond donors (Lipinski definition) is 1. The fraction of sp³-hybridized carbons (Fsp3) is 0.533. The maximum Gasteiger partial charge on any atom is 0.258 e. The molecule has 2 saturated heterocycles. The third-order valence-electron chi connectivity index (χ3n) is 3.74. The molecule has 1 aromatic carbocycles. The number of sulfone groups is 1. The highest BCUT2D eigenvalue weighted by Gasteiger charge is 2.28. The predicted octanol–water partition coefficient (Wildman–Crippen LogP) is 1.85. The maximum atomic E-state index is 11.8. The van der Waals surface area contributed by atoms with E-state index in [1.807, 2.05) is 47.8 Å². The van der Waals surface area contributed by atoms with Crippen LogP contribution < -0.4 is 10.1 Å². The molecule has 0 radical (unpaired) electrons. The minimum atomic E-state index is -2.98. The maximum absolute atomic E-state index is 11.8. The van der Waals surface area contributed by atoms with Gasteiger partial charge < -0.3 is 10.1 Å². The highest BCUT2D eigenvalue weighted by Crippen LogP contribution is 2.45. The molecule has 1 N–H and O–H groups in total. The molecule has 0 aromatic heterocycles. The Morgan fingerprint density at radius 2 is 1.91 bits per heavy atom. The van der Waals surface area contributed by atoms with Crippen molar-refractivity contribution in [1.29, 1.82) is 0 Å². The van der Waals surface area contributed by atoms with Crippen molar-refractivity contribution in [3.05, 3.63) is 29.8 Å². The van der Waals surface area contributed by atoms with Gasteiger partial charge in [-0.05, 0) is 24.1 Å². The van der Waals surface area contributed by atoms with Crippen LogP contribution in [-0.4, -0.2) is 50.0 Å². The highest BCUT2D eigenvalue weighted by molar-refractivity contribution is 8.19. The Balaban J connectivity index is 1.45. The predicted molar refractivity (Wildman–Crippen MR) is 94.8 cm³/mol. The largest absolute Gasteiger partial charge is 0.484 e. The summed E-state index contributed by atoms with van der Waals surface area (Å²) in [5, 5.41) is 2.71. The van der Waals surface area contributed by atoms with E-state index >= 15 is 0 Å². The summed E-state index contributed by atoms with van der Waals surface area (Å²) in [5.74, 6) is 2.92. The second-order valence-corrected chi connectivity index (χ2v) is 10.6. The summed E-state index contributed by atoms with van der Waals surface area (Å²) in [6.45, 7) is -0.0944. The fourth-order valence-corrected chi connectivity index (χ4v) is 7.13. The quantitative estimate of drug-likeness (QED) is 0.849. The van der Waals surface area contributed by atoms with Crippen molar-refractivity contribution in [2.45, 2.75) is 17.0 Å². The molecule has 2 aliphatic rings. The topological polar surface area (TPSA) is 72.5 Å². The molecule has 0 saturated carbocycles. The van der Waals surface area contributed by atoms with Crippen molar-refractivity contribution in [3.63, 3.8) is 0 Å². The number of carbonyl (C=O) groups excluding carboxylic acids is 1. The van der Waals surface area contributed by atoms with Crippen molar-refractivity contribution in [2.24, 2.45) is 0 Å². The standard InChI is InChI=1S/C15H19NO4S3/c17-14(16-12-5-8-23(18,19)10-12)9-20-13-3-1-11(2-4-13)15-21-6-7-22-15/h1-4,12,15H,5-10H2,(H,16,17). The molecular formula is C15H19NO4S3. The van der Waals surface area contributed by atoms with Crippen molar-refractivity contribution >= 4 is 39.3 Å². The van der Waals surface area contributed by atoms with Crippen LogP contribution in [0.3, 0.4) is 0 Å². The minimum Gasteiger partial charge on any atom is -0.484 e. The lowest BCUT2D eigenvalue weighted by Gasteiger charge is -2.12. The van der Waals surface area contributed by atoms with Crippen LogP contribution in [0, 0.1) is 0 Å². The Kier molecular flexibility index (Phi) is 5.43. The van der Waals surface area contributed by atoms with Crippen molar-refractivity contribution in [3.8, 4) is 5.75 Å². The number of ether oxygens (including phenoxy) is 1. The van der Waals surface area contributed by atoms with E-state index in [0.717, 1.165) is 0 Å². The summed E-state index contributed by atoms with van der Waals surface area (Å²) in [6.07, 6.45) is 0.486. The first-order chi connectivity index (χ1) is 11.0. The fourth-order valence-electron chi connectivity index (χ4n) is 2.60. The zero-order valence-electron chi connectivity index (χ0n) is 12.6. The molecule has 0 spiro atoms. The molecule has 2 fully saturated rings. The molecule has 23 heavy (non-hydrogen) atoms. The molecule has 1 aromatic rings. The van der Waals surface area contributed by atoms with Crippen LogP contribution >= 0.6 is 23.5 Å². The van der Waals surface area contributed by atoms with E-state index in [2.05, 4.69) is 5.32 Å². The summed E-state index contributed by atoms with van der Waals surface area (Å²) in [7, 11) is -2.98. The molecule has 2 heterocycles. The third kappa shape index (κ3) is 4.81. The number of hydrogen-bond acceptors (Lipinski definition) is 6. The second-order valence-electron chi connectivity index (χ2n) is 5.60. The molecule has 0 aliphatic carbocycles. The van der Waals surface area contributed by atoms with E-state index in [4.69, 9.17) is 4.74 Å². The molecule has 1 atom stereocenters. The normalized spacial score (nSPS) is 23.7. The van der Waals surface area contributed by atoms with Gasteiger partial charge in [0, 0.05) is 17.5 Å². The second kappa shape index (κ2) is 7.36. The summed E-state index contributed by atoms with van der Waals surface area (Å²) in [5.41, 5.74) is 1.27. The summed E-state index contributed by atoms with van der Waals surface area (Å²) < 4.78 is 28.7. The Morgan fingerprint density at radius 3 is 2.52 bits per heavy atom. The molecule has 5 nitrogen and oxygen atoms in total. The highest BCUT2D eigenvalue weighted by atomic mass is 32.2. The molecule has 0 bridgehead atoms. The molecular weight excluding hydrogens is 354 g/mol. The first-order valence-electron chi connectivity index (χ1n) is 7.48. The Bertz CT molecular complexity index is 654.